The van der Waals surface area contributed by atoms with Gasteiger partial charge >= 0.3 is 5.97 Å². The van der Waals surface area contributed by atoms with Crippen LogP contribution in [0.15, 0.2) is 24.5 Å². The maximum atomic E-state index is 11.6. The fourth-order valence-corrected chi connectivity index (χ4v) is 1.63. The van der Waals surface area contributed by atoms with E-state index in [1.54, 1.807) is 17.5 Å². The summed E-state index contributed by atoms with van der Waals surface area (Å²) in [7, 11) is 0. The van der Waals surface area contributed by atoms with Gasteiger partial charge in [0.05, 0.1) is 12.8 Å². The third-order valence-corrected chi connectivity index (χ3v) is 2.53. The van der Waals surface area contributed by atoms with E-state index in [0.717, 1.165) is 5.56 Å². The topological polar surface area (TPSA) is 43.6 Å². The van der Waals surface area contributed by atoms with Gasteiger partial charge in [-0.05, 0) is 24.6 Å². The Labute approximate surface area is 97.8 Å². The summed E-state index contributed by atoms with van der Waals surface area (Å²) < 4.78 is 6.61. The number of hydrogen-bond acceptors (Lipinski definition) is 3. The second kappa shape index (κ2) is 4.53. The fourth-order valence-electron chi connectivity index (χ4n) is 1.46. The molecule has 0 saturated carbocycles. The zero-order chi connectivity index (χ0) is 11.5. The van der Waals surface area contributed by atoms with Gasteiger partial charge < -0.3 is 4.74 Å². The van der Waals surface area contributed by atoms with Crippen molar-refractivity contribution in [2.75, 3.05) is 6.61 Å². The Kier molecular flexibility index (Phi) is 3.10. The highest BCUT2D eigenvalue weighted by Gasteiger charge is 2.12. The van der Waals surface area contributed by atoms with E-state index in [4.69, 9.17) is 16.3 Å². The number of fused-ring (bicyclic) bond motifs is 1. The van der Waals surface area contributed by atoms with Crippen molar-refractivity contribution in [2.24, 2.45) is 0 Å². The molecule has 0 aliphatic rings. The maximum Gasteiger partial charge on any atom is 0.356 e. The van der Waals surface area contributed by atoms with Crippen molar-refractivity contribution in [3.63, 3.8) is 0 Å². The molecule has 0 unspecified atom stereocenters. The molecule has 0 aliphatic carbocycles. The number of nitrogens with zero attached hydrogens (tertiary/aromatic N) is 2. The van der Waals surface area contributed by atoms with Crippen LogP contribution in [0.5, 0.6) is 0 Å². The molecule has 0 atom stereocenters. The van der Waals surface area contributed by atoms with Crippen LogP contribution in [0.1, 0.15) is 23.0 Å². The minimum Gasteiger partial charge on any atom is -0.461 e. The van der Waals surface area contributed by atoms with Crippen LogP contribution in [0.2, 0.25) is 0 Å². The summed E-state index contributed by atoms with van der Waals surface area (Å²) in [4.78, 5) is 15.7. The molecular weight excluding hydrogens is 228 g/mol. The molecule has 84 valence electrons. The summed E-state index contributed by atoms with van der Waals surface area (Å²) in [6.07, 6.45) is 3.28. The zero-order valence-corrected chi connectivity index (χ0v) is 9.57. The van der Waals surface area contributed by atoms with Gasteiger partial charge in [0.15, 0.2) is 5.69 Å². The predicted molar refractivity (Wildman–Crippen MR) is 60.7 cm³/mol. The highest BCUT2D eigenvalue weighted by atomic mass is 35.5. The second-order valence-corrected chi connectivity index (χ2v) is 3.53. The van der Waals surface area contributed by atoms with Crippen LogP contribution in [0.4, 0.5) is 0 Å². The molecule has 0 bridgehead atoms. The quantitative estimate of drug-likeness (QED) is 0.609. The molecule has 4 nitrogen and oxygen atoms in total. The summed E-state index contributed by atoms with van der Waals surface area (Å²) in [6, 6.07) is 3.69. The molecule has 0 amide bonds. The average molecular weight is 239 g/mol. The molecule has 0 saturated heterocycles. The standard InChI is InChI=1S/C11H11ClN2O2/c1-2-16-11(15)9-7-13-10-5-8(6-12)3-4-14(9)10/h3-5,7H,2,6H2,1H3. The minimum atomic E-state index is -0.367. The average Bonchev–Trinajstić information content (AvgIpc) is 2.71. The number of carbonyl (C=O) groups is 1. The highest BCUT2D eigenvalue weighted by Crippen LogP contribution is 2.12. The van der Waals surface area contributed by atoms with Crippen molar-refractivity contribution in [2.45, 2.75) is 12.8 Å². The lowest BCUT2D eigenvalue weighted by Crippen LogP contribution is -2.07. The number of imidazole rings is 1. The van der Waals surface area contributed by atoms with Crippen LogP contribution >= 0.6 is 11.6 Å². The SMILES string of the molecule is CCOC(=O)c1cnc2cc(CCl)ccn12. The van der Waals surface area contributed by atoms with Crippen LogP contribution in [-0.2, 0) is 10.6 Å². The van der Waals surface area contributed by atoms with E-state index in [9.17, 15) is 4.79 Å². The predicted octanol–water partition coefficient (Wildman–Crippen LogP) is 2.25. The lowest BCUT2D eigenvalue weighted by atomic mass is 10.3. The summed E-state index contributed by atoms with van der Waals surface area (Å²) >= 11 is 5.72. The number of rotatable bonds is 3. The summed E-state index contributed by atoms with van der Waals surface area (Å²) in [5.41, 5.74) is 2.09. The lowest BCUT2D eigenvalue weighted by molar-refractivity contribution is 0.0518. The molecule has 2 rings (SSSR count). The second-order valence-electron chi connectivity index (χ2n) is 3.26. The molecule has 0 radical (unpaired) electrons. The van der Waals surface area contributed by atoms with Crippen LogP contribution in [0.25, 0.3) is 5.65 Å². The van der Waals surface area contributed by atoms with Crippen molar-refractivity contribution in [1.82, 2.24) is 9.38 Å². The van der Waals surface area contributed by atoms with E-state index in [1.807, 2.05) is 12.1 Å². The highest BCUT2D eigenvalue weighted by molar-refractivity contribution is 6.17. The van der Waals surface area contributed by atoms with Crippen LogP contribution in [0, 0.1) is 0 Å². The largest absolute Gasteiger partial charge is 0.461 e. The molecule has 0 N–H and O–H groups in total. The molecule has 0 fully saturated rings. The number of carbonyl (C=O) groups excluding carboxylic acids is 1. The molecule has 0 spiro atoms. The molecule has 2 aromatic heterocycles. The first kappa shape index (κ1) is 11.0. The lowest BCUT2D eigenvalue weighted by Gasteiger charge is -2.02. The first-order valence-corrected chi connectivity index (χ1v) is 5.48. The van der Waals surface area contributed by atoms with Crippen LogP contribution in [0.3, 0.4) is 0 Å². The Balaban J connectivity index is 2.45. The van der Waals surface area contributed by atoms with Crippen molar-refractivity contribution in [1.29, 1.82) is 0 Å². The smallest absolute Gasteiger partial charge is 0.356 e. The van der Waals surface area contributed by atoms with Gasteiger partial charge in [-0.25, -0.2) is 9.78 Å². The first-order chi connectivity index (χ1) is 7.76. The first-order valence-electron chi connectivity index (χ1n) is 4.95. The van der Waals surface area contributed by atoms with Crippen molar-refractivity contribution in [3.8, 4) is 0 Å². The number of alkyl halides is 1. The normalized spacial score (nSPS) is 10.6. The Hall–Kier alpha value is -1.55. The monoisotopic (exact) mass is 238 g/mol. The number of ether oxygens (including phenoxy) is 1. The Morgan fingerprint density at radius 3 is 3.12 bits per heavy atom. The van der Waals surface area contributed by atoms with Gasteiger partial charge in [-0.3, -0.25) is 4.40 Å². The van der Waals surface area contributed by atoms with Gasteiger partial charge in [0.25, 0.3) is 0 Å². The third kappa shape index (κ3) is 1.88. The summed E-state index contributed by atoms with van der Waals surface area (Å²) in [6.45, 7) is 2.12. The van der Waals surface area contributed by atoms with Crippen molar-refractivity contribution < 1.29 is 9.53 Å². The molecular formula is C11H11ClN2O2. The van der Waals surface area contributed by atoms with E-state index < -0.39 is 0 Å². The molecule has 0 aliphatic heterocycles. The van der Waals surface area contributed by atoms with Crippen LogP contribution in [-0.4, -0.2) is 22.0 Å². The molecule has 2 heterocycles. The van der Waals surface area contributed by atoms with Gasteiger partial charge in [-0.1, -0.05) is 0 Å². The van der Waals surface area contributed by atoms with Gasteiger partial charge in [0.1, 0.15) is 5.65 Å². The Bertz CT molecular complexity index is 522. The van der Waals surface area contributed by atoms with E-state index in [0.29, 0.717) is 23.8 Å². The minimum absolute atomic E-state index is 0.353. The molecule has 0 aromatic carbocycles. The van der Waals surface area contributed by atoms with Crippen molar-refractivity contribution >= 4 is 23.2 Å². The molecule has 5 heteroatoms. The van der Waals surface area contributed by atoms with Gasteiger partial charge in [0.2, 0.25) is 0 Å². The molecule has 2 aromatic rings. The van der Waals surface area contributed by atoms with Gasteiger partial charge in [0, 0.05) is 12.1 Å². The van der Waals surface area contributed by atoms with E-state index in [2.05, 4.69) is 4.98 Å². The third-order valence-electron chi connectivity index (χ3n) is 2.22. The van der Waals surface area contributed by atoms with Gasteiger partial charge in [-0.15, -0.1) is 11.6 Å². The molecule has 16 heavy (non-hydrogen) atoms. The van der Waals surface area contributed by atoms with E-state index in [-0.39, 0.29) is 5.97 Å². The van der Waals surface area contributed by atoms with E-state index >= 15 is 0 Å². The van der Waals surface area contributed by atoms with Gasteiger partial charge in [-0.2, -0.15) is 0 Å². The number of hydrogen-bond donors (Lipinski definition) is 0. The number of esters is 1. The van der Waals surface area contributed by atoms with Crippen molar-refractivity contribution in [3.05, 3.63) is 35.8 Å². The summed E-state index contributed by atoms with van der Waals surface area (Å²) in [5, 5.41) is 0. The zero-order valence-electron chi connectivity index (χ0n) is 8.81. The fraction of sp³-hybridized carbons (Fsp3) is 0.273. The maximum absolute atomic E-state index is 11.6. The summed E-state index contributed by atoms with van der Waals surface area (Å²) in [5.74, 6) is 0.0617. The number of aromatic nitrogens is 2. The number of halogens is 1. The van der Waals surface area contributed by atoms with Crippen LogP contribution < -0.4 is 0 Å². The van der Waals surface area contributed by atoms with E-state index in [1.165, 1.54) is 6.20 Å². The Morgan fingerprint density at radius 2 is 2.44 bits per heavy atom. The number of pyridine rings is 1. The Morgan fingerprint density at radius 1 is 1.62 bits per heavy atom.